The molecule has 1 unspecified atom stereocenters. The Balaban J connectivity index is 2.87. The molecule has 0 radical (unpaired) electrons. The van der Waals surface area contributed by atoms with Crippen LogP contribution in [0.4, 0.5) is 0 Å². The molecule has 19 heavy (non-hydrogen) atoms. The molecule has 0 aliphatic heterocycles. The third kappa shape index (κ3) is 4.30. The lowest BCUT2D eigenvalue weighted by atomic mass is 9.86. The summed E-state index contributed by atoms with van der Waals surface area (Å²) in [7, 11) is 1.75. The molecule has 0 bridgehead atoms. The molecule has 1 atom stereocenters. The number of likely N-dealkylation sites (N-methyl/N-ethyl adjacent to an activating group) is 1. The lowest BCUT2D eigenvalue weighted by molar-refractivity contribution is 0.0609. The molecule has 0 aliphatic carbocycles. The van der Waals surface area contributed by atoms with Gasteiger partial charge in [-0.3, -0.25) is 4.90 Å². The van der Waals surface area contributed by atoms with Gasteiger partial charge in [-0.15, -0.1) is 0 Å². The van der Waals surface area contributed by atoms with E-state index in [2.05, 4.69) is 49.1 Å². The Morgan fingerprint density at radius 3 is 2.37 bits per heavy atom. The Kier molecular flexibility index (Phi) is 7.06. The van der Waals surface area contributed by atoms with Crippen LogP contribution in [-0.4, -0.2) is 43.8 Å². The lowest BCUT2D eigenvalue weighted by Crippen LogP contribution is -2.56. The predicted octanol–water partition coefficient (Wildman–Crippen LogP) is 2.30. The van der Waals surface area contributed by atoms with E-state index >= 15 is 0 Å². The van der Waals surface area contributed by atoms with Crippen LogP contribution in [0, 0.1) is 0 Å². The van der Waals surface area contributed by atoms with E-state index in [1.165, 1.54) is 5.56 Å². The summed E-state index contributed by atoms with van der Waals surface area (Å²) in [5.74, 6) is 0. The highest BCUT2D eigenvalue weighted by Crippen LogP contribution is 2.24. The summed E-state index contributed by atoms with van der Waals surface area (Å²) >= 11 is 0. The van der Waals surface area contributed by atoms with Crippen molar-refractivity contribution in [3.63, 3.8) is 0 Å². The van der Waals surface area contributed by atoms with Crippen molar-refractivity contribution in [2.45, 2.75) is 32.2 Å². The number of nitrogens with two attached hydrogens (primary N) is 1. The van der Waals surface area contributed by atoms with E-state index in [1.807, 2.05) is 0 Å². The molecule has 0 saturated heterocycles. The molecule has 108 valence electrons. The lowest BCUT2D eigenvalue weighted by Gasteiger charge is -2.43. The summed E-state index contributed by atoms with van der Waals surface area (Å²) in [5.41, 5.74) is 7.52. The fourth-order valence-corrected chi connectivity index (χ4v) is 2.71. The van der Waals surface area contributed by atoms with Crippen molar-refractivity contribution in [2.24, 2.45) is 5.73 Å². The molecule has 0 fully saturated rings. The van der Waals surface area contributed by atoms with Gasteiger partial charge in [-0.05, 0) is 24.9 Å². The topological polar surface area (TPSA) is 38.5 Å². The van der Waals surface area contributed by atoms with Gasteiger partial charge >= 0.3 is 0 Å². The van der Waals surface area contributed by atoms with Crippen LogP contribution in [0.2, 0.25) is 0 Å². The summed E-state index contributed by atoms with van der Waals surface area (Å²) in [5, 5.41) is 0. The monoisotopic (exact) mass is 264 g/mol. The second-order valence-electron chi connectivity index (χ2n) is 5.02. The molecular formula is C16H28N2O. The normalized spacial score (nSPS) is 14.6. The van der Waals surface area contributed by atoms with Crippen LogP contribution in [0.5, 0.6) is 0 Å². The van der Waals surface area contributed by atoms with Gasteiger partial charge in [0.15, 0.2) is 0 Å². The third-order valence-corrected chi connectivity index (χ3v) is 4.03. The van der Waals surface area contributed by atoms with E-state index in [1.54, 1.807) is 7.11 Å². The average molecular weight is 264 g/mol. The van der Waals surface area contributed by atoms with Crippen molar-refractivity contribution in [1.29, 1.82) is 0 Å². The van der Waals surface area contributed by atoms with Crippen LogP contribution >= 0.6 is 0 Å². The zero-order chi connectivity index (χ0) is 14.1. The van der Waals surface area contributed by atoms with Crippen molar-refractivity contribution in [3.8, 4) is 0 Å². The van der Waals surface area contributed by atoms with Gasteiger partial charge in [0.1, 0.15) is 0 Å². The largest absolute Gasteiger partial charge is 0.383 e. The first kappa shape index (κ1) is 16.2. The molecule has 1 rings (SSSR count). The second kappa shape index (κ2) is 8.31. The van der Waals surface area contributed by atoms with Gasteiger partial charge in [-0.25, -0.2) is 0 Å². The van der Waals surface area contributed by atoms with Crippen molar-refractivity contribution < 1.29 is 4.74 Å². The minimum absolute atomic E-state index is 0.0363. The van der Waals surface area contributed by atoms with Crippen LogP contribution in [0.3, 0.4) is 0 Å². The third-order valence-electron chi connectivity index (χ3n) is 4.03. The van der Waals surface area contributed by atoms with E-state index in [4.69, 9.17) is 10.5 Å². The van der Waals surface area contributed by atoms with E-state index in [0.29, 0.717) is 6.54 Å². The molecule has 3 nitrogen and oxygen atoms in total. The molecule has 0 amide bonds. The van der Waals surface area contributed by atoms with E-state index in [0.717, 1.165) is 32.5 Å². The van der Waals surface area contributed by atoms with Gasteiger partial charge < -0.3 is 10.5 Å². The van der Waals surface area contributed by atoms with Gasteiger partial charge in [-0.1, -0.05) is 44.2 Å². The fraction of sp³-hybridized carbons (Fsp3) is 0.625. The van der Waals surface area contributed by atoms with Crippen molar-refractivity contribution in [2.75, 3.05) is 33.4 Å². The summed E-state index contributed by atoms with van der Waals surface area (Å²) < 4.78 is 5.23. The molecule has 2 N–H and O–H groups in total. The average Bonchev–Trinajstić information content (AvgIpc) is 2.47. The first-order valence-electron chi connectivity index (χ1n) is 7.20. The van der Waals surface area contributed by atoms with E-state index in [-0.39, 0.29) is 5.54 Å². The number of methoxy groups -OCH3 is 1. The molecule has 3 heteroatoms. The molecule has 0 heterocycles. The van der Waals surface area contributed by atoms with Gasteiger partial charge in [0.05, 0.1) is 6.61 Å². The standard InChI is InChI=1S/C16H28N2O/c1-4-16(14-17,18(5-2)11-12-19-3)13-15-9-7-6-8-10-15/h6-10H,4-5,11-14,17H2,1-3H3. The molecular weight excluding hydrogens is 236 g/mol. The van der Waals surface area contributed by atoms with Gasteiger partial charge in [0.2, 0.25) is 0 Å². The van der Waals surface area contributed by atoms with Crippen LogP contribution in [0.25, 0.3) is 0 Å². The van der Waals surface area contributed by atoms with Crippen LogP contribution in [0.15, 0.2) is 30.3 Å². The maximum atomic E-state index is 6.13. The van der Waals surface area contributed by atoms with Gasteiger partial charge in [-0.2, -0.15) is 0 Å². The zero-order valence-corrected chi connectivity index (χ0v) is 12.6. The van der Waals surface area contributed by atoms with Gasteiger partial charge in [0, 0.05) is 25.7 Å². The number of rotatable bonds is 9. The zero-order valence-electron chi connectivity index (χ0n) is 12.6. The SMILES string of the molecule is CCN(CCOC)C(CC)(CN)Cc1ccccc1. The number of nitrogens with zero attached hydrogens (tertiary/aromatic N) is 1. The fourth-order valence-electron chi connectivity index (χ4n) is 2.71. The maximum Gasteiger partial charge on any atom is 0.0589 e. The maximum absolute atomic E-state index is 6.13. The van der Waals surface area contributed by atoms with Crippen molar-refractivity contribution in [1.82, 2.24) is 4.90 Å². The Morgan fingerprint density at radius 2 is 1.89 bits per heavy atom. The van der Waals surface area contributed by atoms with Crippen LogP contribution in [0.1, 0.15) is 25.8 Å². The van der Waals surface area contributed by atoms with E-state index in [9.17, 15) is 0 Å². The summed E-state index contributed by atoms with van der Waals surface area (Å²) in [6.07, 6.45) is 2.05. The Labute approximate surface area is 117 Å². The van der Waals surface area contributed by atoms with Crippen LogP contribution < -0.4 is 5.73 Å². The number of benzene rings is 1. The van der Waals surface area contributed by atoms with Crippen molar-refractivity contribution in [3.05, 3.63) is 35.9 Å². The minimum Gasteiger partial charge on any atom is -0.383 e. The molecule has 0 saturated carbocycles. The van der Waals surface area contributed by atoms with Gasteiger partial charge in [0.25, 0.3) is 0 Å². The quantitative estimate of drug-likeness (QED) is 0.744. The molecule has 1 aromatic carbocycles. The molecule has 0 aromatic heterocycles. The number of ether oxygens (including phenoxy) is 1. The summed E-state index contributed by atoms with van der Waals surface area (Å²) in [6.45, 7) is 7.79. The minimum atomic E-state index is 0.0363. The first-order valence-corrected chi connectivity index (χ1v) is 7.20. The Bertz CT molecular complexity index is 336. The molecule has 0 spiro atoms. The highest BCUT2D eigenvalue weighted by atomic mass is 16.5. The predicted molar refractivity (Wildman–Crippen MR) is 81.3 cm³/mol. The highest BCUT2D eigenvalue weighted by molar-refractivity contribution is 5.18. The van der Waals surface area contributed by atoms with E-state index < -0.39 is 0 Å². The smallest absolute Gasteiger partial charge is 0.0589 e. The molecule has 0 aliphatic rings. The molecule has 1 aromatic rings. The number of hydrogen-bond donors (Lipinski definition) is 1. The van der Waals surface area contributed by atoms with Crippen molar-refractivity contribution >= 4 is 0 Å². The summed E-state index contributed by atoms with van der Waals surface area (Å²) in [6, 6.07) is 10.6. The first-order chi connectivity index (χ1) is 9.22. The second-order valence-corrected chi connectivity index (χ2v) is 5.02. The highest BCUT2D eigenvalue weighted by Gasteiger charge is 2.32. The summed E-state index contributed by atoms with van der Waals surface area (Å²) in [4.78, 5) is 2.46. The Hall–Kier alpha value is -0.900. The van der Waals surface area contributed by atoms with Crippen LogP contribution in [-0.2, 0) is 11.2 Å². The number of hydrogen-bond acceptors (Lipinski definition) is 3. The Morgan fingerprint density at radius 1 is 1.21 bits per heavy atom.